The molecule has 0 saturated heterocycles. The van der Waals surface area contributed by atoms with Crippen molar-refractivity contribution in [1.29, 1.82) is 5.26 Å². The SMILES string of the molecule is N#Cc1c(N)sc(N=Nc2ccc3cc(SNc4cc(S(=O)(=O)O)c5cc(S(=O)(=O)O)cc(S(=O)(=O)O)c5c4)ccc3c2)c1-c1ccc2ccccc2c1. The summed E-state index contributed by atoms with van der Waals surface area (Å²) < 4.78 is 105. The van der Waals surface area contributed by atoms with Crippen molar-refractivity contribution >= 4 is 107 Å². The molecular weight excluding hydrogens is 795 g/mol. The number of benzene rings is 6. The molecule has 1 heterocycles. The van der Waals surface area contributed by atoms with Gasteiger partial charge in [0.05, 0.1) is 16.1 Å². The average Bonchev–Trinajstić information content (AvgIpc) is 3.45. The number of hydrogen-bond acceptors (Lipinski definition) is 13. The second kappa shape index (κ2) is 13.8. The summed E-state index contributed by atoms with van der Waals surface area (Å²) in [6.07, 6.45) is 0. The van der Waals surface area contributed by atoms with Gasteiger partial charge in [0.25, 0.3) is 30.4 Å². The van der Waals surface area contributed by atoms with Crippen LogP contribution < -0.4 is 10.5 Å². The summed E-state index contributed by atoms with van der Waals surface area (Å²) in [6.45, 7) is 0. The van der Waals surface area contributed by atoms with Crippen molar-refractivity contribution in [1.82, 2.24) is 0 Å². The lowest BCUT2D eigenvalue weighted by Crippen LogP contribution is -2.07. The topological polar surface area (TPSA) is 250 Å². The summed E-state index contributed by atoms with van der Waals surface area (Å²) in [5.41, 5.74) is 8.40. The number of nitrogen functional groups attached to an aromatic ring is 1. The van der Waals surface area contributed by atoms with Crippen LogP contribution in [0.1, 0.15) is 5.56 Å². The highest BCUT2D eigenvalue weighted by molar-refractivity contribution is 8.00. The molecule has 0 aliphatic rings. The van der Waals surface area contributed by atoms with Crippen molar-refractivity contribution in [3.05, 3.63) is 109 Å². The molecule has 0 aliphatic carbocycles. The standard InChI is InChI=1S/C35H23N5O9S5/c36-18-30-33(23-6-5-19-3-1-2-4-20(19)11-23)35(50-34(30)37)39-38-24-9-7-22-13-26(10-8-21(22)12-24)51-40-25-14-28-29(31(15-25)53(44,45)46)16-27(52(41,42)43)17-32(28)54(47,48)49/h1-17,40H,37H2,(H,41,42,43)(H,44,45,46)(H,47,48,49). The Kier molecular flexibility index (Phi) is 9.41. The Labute approximate surface area is 316 Å². The molecule has 54 heavy (non-hydrogen) atoms. The quantitative estimate of drug-likeness (QED) is 0.0520. The van der Waals surface area contributed by atoms with Crippen molar-refractivity contribution in [2.24, 2.45) is 10.2 Å². The molecule has 1 aromatic heterocycles. The lowest BCUT2D eigenvalue weighted by atomic mass is 10.00. The molecule has 0 atom stereocenters. The largest absolute Gasteiger partial charge is 0.389 e. The minimum atomic E-state index is -5.15. The molecule has 0 fully saturated rings. The van der Waals surface area contributed by atoms with Gasteiger partial charge in [-0.2, -0.15) is 30.5 Å². The first-order chi connectivity index (χ1) is 25.5. The van der Waals surface area contributed by atoms with Crippen molar-refractivity contribution < 1.29 is 38.9 Å². The van der Waals surface area contributed by atoms with Gasteiger partial charge in [0.2, 0.25) is 0 Å². The van der Waals surface area contributed by atoms with Gasteiger partial charge < -0.3 is 10.5 Å². The summed E-state index contributed by atoms with van der Waals surface area (Å²) >= 11 is 2.16. The van der Waals surface area contributed by atoms with Crippen molar-refractivity contribution in [2.45, 2.75) is 19.6 Å². The molecule has 0 radical (unpaired) electrons. The van der Waals surface area contributed by atoms with E-state index in [2.05, 4.69) is 21.0 Å². The van der Waals surface area contributed by atoms with Crippen LogP contribution in [0.15, 0.2) is 133 Å². The maximum Gasteiger partial charge on any atom is 0.295 e. The molecule has 0 spiro atoms. The minimum Gasteiger partial charge on any atom is -0.389 e. The Morgan fingerprint density at radius 2 is 1.31 bits per heavy atom. The number of fused-ring (bicyclic) bond motifs is 3. The van der Waals surface area contributed by atoms with Crippen LogP contribution in [-0.2, 0) is 30.4 Å². The third kappa shape index (κ3) is 7.37. The zero-order valence-electron chi connectivity index (χ0n) is 27.1. The number of nitrogens with two attached hydrogens (primary N) is 1. The van der Waals surface area contributed by atoms with Crippen LogP contribution in [0.5, 0.6) is 0 Å². The van der Waals surface area contributed by atoms with E-state index in [1.807, 2.05) is 42.5 Å². The van der Waals surface area contributed by atoms with Gasteiger partial charge >= 0.3 is 0 Å². The minimum absolute atomic E-state index is 0.0303. The van der Waals surface area contributed by atoms with Crippen LogP contribution in [0.25, 0.3) is 43.4 Å². The first-order valence-electron chi connectivity index (χ1n) is 15.2. The van der Waals surface area contributed by atoms with Crippen molar-refractivity contribution in [3.63, 3.8) is 0 Å². The maximum atomic E-state index is 12.3. The highest BCUT2D eigenvalue weighted by Crippen LogP contribution is 2.45. The van der Waals surface area contributed by atoms with Gasteiger partial charge in [-0.3, -0.25) is 13.7 Å². The normalized spacial score (nSPS) is 12.5. The molecule has 14 nitrogen and oxygen atoms in total. The van der Waals surface area contributed by atoms with Gasteiger partial charge in [0, 0.05) is 26.9 Å². The Hall–Kier alpha value is -5.43. The first kappa shape index (κ1) is 36.9. The van der Waals surface area contributed by atoms with Gasteiger partial charge in [0.15, 0.2) is 0 Å². The van der Waals surface area contributed by atoms with Gasteiger partial charge in [-0.15, -0.1) is 10.2 Å². The smallest absolute Gasteiger partial charge is 0.295 e. The van der Waals surface area contributed by atoms with E-state index in [1.165, 1.54) is 0 Å². The molecule has 7 aromatic rings. The third-order valence-corrected chi connectivity index (χ3v) is 12.6. The predicted octanol–water partition coefficient (Wildman–Crippen LogP) is 8.60. The van der Waals surface area contributed by atoms with E-state index >= 15 is 0 Å². The third-order valence-electron chi connectivity index (χ3n) is 8.23. The average molecular weight is 818 g/mol. The summed E-state index contributed by atoms with van der Waals surface area (Å²) in [5.74, 6) is 0. The summed E-state index contributed by atoms with van der Waals surface area (Å²) in [7, 11) is -15.3. The molecule has 7 rings (SSSR count). The molecule has 0 amide bonds. The van der Waals surface area contributed by atoms with E-state index in [0.29, 0.717) is 43.8 Å². The predicted molar refractivity (Wildman–Crippen MR) is 207 cm³/mol. The van der Waals surface area contributed by atoms with E-state index in [1.54, 1.807) is 36.4 Å². The fraction of sp³-hybridized carbons (Fsp3) is 0. The van der Waals surface area contributed by atoms with Gasteiger partial charge in [-0.25, -0.2) is 0 Å². The fourth-order valence-corrected chi connectivity index (χ4v) is 9.38. The number of azo groups is 1. The molecule has 272 valence electrons. The second-order valence-corrected chi connectivity index (χ2v) is 17.8. The van der Waals surface area contributed by atoms with Crippen LogP contribution in [0, 0.1) is 11.3 Å². The van der Waals surface area contributed by atoms with Crippen LogP contribution in [-0.4, -0.2) is 38.9 Å². The summed E-state index contributed by atoms with van der Waals surface area (Å²) in [5, 5.41) is 22.2. The Morgan fingerprint density at radius 1 is 0.685 bits per heavy atom. The van der Waals surface area contributed by atoms with Gasteiger partial charge in [-0.1, -0.05) is 59.9 Å². The number of thiophene rings is 1. The lowest BCUT2D eigenvalue weighted by Gasteiger charge is -2.13. The van der Waals surface area contributed by atoms with Gasteiger partial charge in [-0.05, 0) is 93.7 Å². The number of nitrogens with one attached hydrogen (secondary N) is 1. The number of hydrogen-bond donors (Lipinski definition) is 5. The van der Waals surface area contributed by atoms with Crippen LogP contribution in [0.4, 0.5) is 21.4 Å². The maximum absolute atomic E-state index is 12.3. The lowest BCUT2D eigenvalue weighted by molar-refractivity contribution is 0.478. The van der Waals surface area contributed by atoms with E-state index in [9.17, 15) is 44.2 Å². The first-order valence-corrected chi connectivity index (χ1v) is 21.2. The zero-order chi connectivity index (χ0) is 38.6. The molecule has 0 saturated carbocycles. The molecular formula is C35H23N5O9S5. The van der Waals surface area contributed by atoms with E-state index in [0.717, 1.165) is 62.5 Å². The number of anilines is 2. The monoisotopic (exact) mass is 817 g/mol. The van der Waals surface area contributed by atoms with E-state index < -0.39 is 55.8 Å². The second-order valence-electron chi connectivity index (χ2n) is 11.7. The molecule has 0 bridgehead atoms. The molecule has 19 heteroatoms. The molecule has 0 aliphatic heterocycles. The molecule has 6 aromatic carbocycles. The highest BCUT2D eigenvalue weighted by atomic mass is 32.2. The Morgan fingerprint density at radius 3 is 2.02 bits per heavy atom. The molecule has 0 unspecified atom stereocenters. The summed E-state index contributed by atoms with van der Waals surface area (Å²) in [6, 6.07) is 29.8. The van der Waals surface area contributed by atoms with Crippen LogP contribution in [0.2, 0.25) is 0 Å². The summed E-state index contributed by atoms with van der Waals surface area (Å²) in [4.78, 5) is -2.28. The van der Waals surface area contributed by atoms with Crippen molar-refractivity contribution in [3.8, 4) is 17.2 Å². The highest BCUT2D eigenvalue weighted by Gasteiger charge is 2.26. The molecule has 6 N–H and O–H groups in total. The number of nitrogens with zero attached hydrogens (tertiary/aromatic N) is 3. The Bertz CT molecular complexity index is 3120. The fourth-order valence-electron chi connectivity index (χ4n) is 5.79. The van der Waals surface area contributed by atoms with Crippen molar-refractivity contribution in [2.75, 3.05) is 10.5 Å². The Balaban J connectivity index is 1.17. The van der Waals surface area contributed by atoms with Crippen LogP contribution in [0.3, 0.4) is 0 Å². The van der Waals surface area contributed by atoms with E-state index in [-0.39, 0.29) is 5.69 Å². The zero-order valence-corrected chi connectivity index (χ0v) is 31.1. The van der Waals surface area contributed by atoms with Crippen LogP contribution >= 0.6 is 23.3 Å². The van der Waals surface area contributed by atoms with Gasteiger partial charge in [0.1, 0.15) is 25.9 Å². The number of nitriles is 1. The number of rotatable bonds is 9. The van der Waals surface area contributed by atoms with E-state index in [4.69, 9.17) is 5.73 Å².